The summed E-state index contributed by atoms with van der Waals surface area (Å²) in [5, 5.41) is 9.07. The number of hydrogen-bond acceptors (Lipinski definition) is 3. The number of rotatable bonds is 8. The highest BCUT2D eigenvalue weighted by atomic mass is 16.5. The zero-order valence-electron chi connectivity index (χ0n) is 15.3. The van der Waals surface area contributed by atoms with Gasteiger partial charge in [-0.25, -0.2) is 0 Å². The lowest BCUT2D eigenvalue weighted by molar-refractivity contribution is -0.106. The zero-order chi connectivity index (χ0) is 18.4. The lowest BCUT2D eigenvalue weighted by Gasteiger charge is -2.18. The lowest BCUT2D eigenvalue weighted by atomic mass is 9.96. The molecule has 0 unspecified atom stereocenters. The van der Waals surface area contributed by atoms with E-state index in [-0.39, 0.29) is 18.8 Å². The summed E-state index contributed by atoms with van der Waals surface area (Å²) in [6.45, 7) is 2.42. The molecule has 1 amide bonds. The van der Waals surface area contributed by atoms with Crippen molar-refractivity contribution in [1.29, 1.82) is 0 Å². The summed E-state index contributed by atoms with van der Waals surface area (Å²) in [6.07, 6.45) is 5.02. The fourth-order valence-electron chi connectivity index (χ4n) is 3.68. The number of benzene rings is 2. The van der Waals surface area contributed by atoms with E-state index in [0.29, 0.717) is 5.92 Å². The Kier molecular flexibility index (Phi) is 6.42. The number of aryl methyl sites for hydroxylation is 1. The van der Waals surface area contributed by atoms with E-state index >= 15 is 0 Å². The predicted molar refractivity (Wildman–Crippen MR) is 104 cm³/mol. The summed E-state index contributed by atoms with van der Waals surface area (Å²) in [4.78, 5) is 13.1. The second-order valence-corrected chi connectivity index (χ2v) is 7.04. The van der Waals surface area contributed by atoms with Crippen LogP contribution >= 0.6 is 0 Å². The molecule has 0 aliphatic carbocycles. The molecule has 26 heavy (non-hydrogen) atoms. The molecule has 0 spiro atoms. The molecule has 4 heteroatoms. The van der Waals surface area contributed by atoms with E-state index in [4.69, 9.17) is 9.84 Å². The van der Waals surface area contributed by atoms with Crippen LogP contribution in [0.15, 0.2) is 54.6 Å². The summed E-state index contributed by atoms with van der Waals surface area (Å²) in [7, 11) is 0. The molecule has 1 N–H and O–H groups in total. The minimum Gasteiger partial charge on any atom is -0.396 e. The molecule has 4 nitrogen and oxygen atoms in total. The van der Waals surface area contributed by atoms with Crippen LogP contribution in [0.25, 0.3) is 0 Å². The van der Waals surface area contributed by atoms with Crippen LogP contribution in [0.5, 0.6) is 0 Å². The SMILES string of the molecule is C[C@@H]1C[C@H](CCO)O[C@@H]1CCc1ccc(N(C=O)c2ccccc2)cc1. The predicted octanol–water partition coefficient (Wildman–Crippen LogP) is 4.09. The van der Waals surface area contributed by atoms with Crippen LogP contribution in [-0.2, 0) is 16.0 Å². The smallest absolute Gasteiger partial charge is 0.218 e. The van der Waals surface area contributed by atoms with Crippen molar-refractivity contribution in [2.24, 2.45) is 5.92 Å². The zero-order valence-corrected chi connectivity index (χ0v) is 15.3. The number of ether oxygens (including phenoxy) is 1. The summed E-state index contributed by atoms with van der Waals surface area (Å²) < 4.78 is 6.06. The Balaban J connectivity index is 1.59. The maximum Gasteiger partial charge on any atom is 0.218 e. The van der Waals surface area contributed by atoms with Crippen molar-refractivity contribution in [3.05, 3.63) is 60.2 Å². The van der Waals surface area contributed by atoms with Gasteiger partial charge in [-0.05, 0) is 61.4 Å². The summed E-state index contributed by atoms with van der Waals surface area (Å²) in [5.41, 5.74) is 2.97. The average Bonchev–Trinajstić information content (AvgIpc) is 3.02. The Morgan fingerprint density at radius 1 is 1.08 bits per heavy atom. The van der Waals surface area contributed by atoms with Crippen LogP contribution < -0.4 is 4.90 Å². The lowest BCUT2D eigenvalue weighted by Crippen LogP contribution is -2.16. The number of nitrogens with zero attached hydrogens (tertiary/aromatic N) is 1. The number of amides is 1. The first-order valence-electron chi connectivity index (χ1n) is 9.36. The molecule has 0 aromatic heterocycles. The average molecular weight is 353 g/mol. The van der Waals surface area contributed by atoms with E-state index in [1.54, 1.807) is 4.90 Å². The van der Waals surface area contributed by atoms with Gasteiger partial charge in [-0.3, -0.25) is 9.69 Å². The van der Waals surface area contributed by atoms with Gasteiger partial charge in [0.1, 0.15) is 0 Å². The molecule has 1 saturated heterocycles. The molecule has 0 bridgehead atoms. The standard InChI is InChI=1S/C22H27NO3/c1-17-15-21(13-14-24)26-22(17)12-9-18-7-10-20(11-8-18)23(16-25)19-5-3-2-4-6-19/h2-8,10-11,16-17,21-22,24H,9,12-15H2,1H3/t17-,21+,22-/m1/s1. The fraction of sp³-hybridized carbons (Fsp3) is 0.409. The Hall–Kier alpha value is -2.17. The number of aliphatic hydroxyl groups is 1. The van der Waals surface area contributed by atoms with E-state index in [0.717, 1.165) is 43.5 Å². The number of carbonyl (C=O) groups is 1. The molecule has 0 saturated carbocycles. The van der Waals surface area contributed by atoms with E-state index in [1.165, 1.54) is 5.56 Å². The van der Waals surface area contributed by atoms with Gasteiger partial charge in [-0.15, -0.1) is 0 Å². The summed E-state index contributed by atoms with van der Waals surface area (Å²) in [5.74, 6) is 0.537. The van der Waals surface area contributed by atoms with Crippen LogP contribution in [0.1, 0.15) is 31.7 Å². The van der Waals surface area contributed by atoms with Crippen molar-refractivity contribution in [2.75, 3.05) is 11.5 Å². The Labute approximate surface area is 155 Å². The van der Waals surface area contributed by atoms with Crippen molar-refractivity contribution in [2.45, 2.75) is 44.8 Å². The number of hydrogen-bond donors (Lipinski definition) is 1. The van der Waals surface area contributed by atoms with Crippen molar-refractivity contribution in [3.63, 3.8) is 0 Å². The van der Waals surface area contributed by atoms with Crippen molar-refractivity contribution >= 4 is 17.8 Å². The van der Waals surface area contributed by atoms with Gasteiger partial charge in [-0.2, -0.15) is 0 Å². The highest BCUT2D eigenvalue weighted by Gasteiger charge is 2.31. The molecule has 0 radical (unpaired) electrons. The van der Waals surface area contributed by atoms with Crippen LogP contribution in [-0.4, -0.2) is 30.3 Å². The molecule has 2 aromatic rings. The van der Waals surface area contributed by atoms with Gasteiger partial charge in [0.05, 0.1) is 12.2 Å². The van der Waals surface area contributed by atoms with Crippen LogP contribution in [0.2, 0.25) is 0 Å². The first-order valence-corrected chi connectivity index (χ1v) is 9.36. The largest absolute Gasteiger partial charge is 0.396 e. The van der Waals surface area contributed by atoms with Crippen molar-refractivity contribution in [3.8, 4) is 0 Å². The quantitative estimate of drug-likeness (QED) is 0.727. The van der Waals surface area contributed by atoms with E-state index in [2.05, 4.69) is 19.1 Å². The van der Waals surface area contributed by atoms with Gasteiger partial charge >= 0.3 is 0 Å². The number of para-hydroxylation sites is 1. The second-order valence-electron chi connectivity index (χ2n) is 7.04. The highest BCUT2D eigenvalue weighted by Crippen LogP contribution is 2.31. The third-order valence-electron chi connectivity index (χ3n) is 5.16. The molecule has 2 aromatic carbocycles. The third-order valence-corrected chi connectivity index (χ3v) is 5.16. The molecule has 1 heterocycles. The maximum absolute atomic E-state index is 11.5. The molecular weight excluding hydrogens is 326 g/mol. The number of anilines is 2. The molecule has 1 aliphatic rings. The van der Waals surface area contributed by atoms with Crippen LogP contribution in [0, 0.1) is 5.92 Å². The Morgan fingerprint density at radius 3 is 2.42 bits per heavy atom. The summed E-state index contributed by atoms with van der Waals surface area (Å²) in [6, 6.07) is 17.8. The van der Waals surface area contributed by atoms with Crippen molar-refractivity contribution in [1.82, 2.24) is 0 Å². The fourth-order valence-corrected chi connectivity index (χ4v) is 3.68. The molecule has 138 valence electrons. The van der Waals surface area contributed by atoms with E-state index in [9.17, 15) is 4.79 Å². The Morgan fingerprint density at radius 2 is 1.77 bits per heavy atom. The first kappa shape index (κ1) is 18.6. The van der Waals surface area contributed by atoms with Crippen LogP contribution in [0.3, 0.4) is 0 Å². The third kappa shape index (κ3) is 4.51. The van der Waals surface area contributed by atoms with Crippen molar-refractivity contribution < 1.29 is 14.6 Å². The van der Waals surface area contributed by atoms with Gasteiger partial charge < -0.3 is 9.84 Å². The minimum atomic E-state index is 0.195. The second kappa shape index (κ2) is 8.97. The first-order chi connectivity index (χ1) is 12.7. The van der Waals surface area contributed by atoms with Gasteiger partial charge in [0, 0.05) is 18.0 Å². The topological polar surface area (TPSA) is 49.8 Å². The molecule has 1 aliphatic heterocycles. The number of carbonyl (C=O) groups excluding carboxylic acids is 1. The van der Waals surface area contributed by atoms with E-state index in [1.807, 2.05) is 42.5 Å². The van der Waals surface area contributed by atoms with Gasteiger partial charge in [0.15, 0.2) is 0 Å². The Bertz CT molecular complexity index is 686. The monoisotopic (exact) mass is 353 g/mol. The number of aliphatic hydroxyl groups excluding tert-OH is 1. The van der Waals surface area contributed by atoms with Gasteiger partial charge in [-0.1, -0.05) is 37.3 Å². The van der Waals surface area contributed by atoms with E-state index < -0.39 is 0 Å². The molecule has 1 fully saturated rings. The van der Waals surface area contributed by atoms with Crippen LogP contribution in [0.4, 0.5) is 11.4 Å². The molecule has 3 rings (SSSR count). The summed E-state index contributed by atoms with van der Waals surface area (Å²) >= 11 is 0. The highest BCUT2D eigenvalue weighted by molar-refractivity contribution is 5.86. The van der Waals surface area contributed by atoms with Gasteiger partial charge in [0.2, 0.25) is 6.41 Å². The maximum atomic E-state index is 11.5. The van der Waals surface area contributed by atoms with Gasteiger partial charge in [0.25, 0.3) is 0 Å². The molecular formula is C22H27NO3. The minimum absolute atomic E-state index is 0.195. The normalized spacial score (nSPS) is 22.3. The molecule has 3 atom stereocenters.